The minimum absolute atomic E-state index is 0.0312. The van der Waals surface area contributed by atoms with Crippen molar-refractivity contribution in [2.45, 2.75) is 19.1 Å². The Balaban J connectivity index is 1.75. The topological polar surface area (TPSA) is 101 Å². The number of aromatic amines is 1. The summed E-state index contributed by atoms with van der Waals surface area (Å²) in [5.74, 6) is -0.356. The summed E-state index contributed by atoms with van der Waals surface area (Å²) in [4.78, 5) is 34.4. The van der Waals surface area contributed by atoms with Crippen molar-refractivity contribution < 1.29 is 9.53 Å². The molecule has 1 aliphatic heterocycles. The van der Waals surface area contributed by atoms with Crippen LogP contribution in [-0.4, -0.2) is 80.0 Å². The second kappa shape index (κ2) is 7.45. The first-order valence-corrected chi connectivity index (χ1v) is 9.48. The number of ether oxygens (including phenoxy) is 1. The average Bonchev–Trinajstić information content (AvgIpc) is 3.26. The number of aromatic nitrogens is 5. The molecule has 1 fully saturated rings. The van der Waals surface area contributed by atoms with E-state index in [9.17, 15) is 9.59 Å². The number of nitrogens with zero attached hydrogens (tertiary/aromatic N) is 6. The van der Waals surface area contributed by atoms with E-state index in [-0.39, 0.29) is 23.6 Å². The van der Waals surface area contributed by atoms with Crippen LogP contribution in [0.1, 0.15) is 27.7 Å². The molecule has 0 saturated carbocycles. The number of hydrogen-bond acceptors (Lipinski definition) is 6. The maximum atomic E-state index is 13.5. The molecule has 0 bridgehead atoms. The van der Waals surface area contributed by atoms with Gasteiger partial charge < -0.3 is 14.5 Å². The molecule has 1 saturated heterocycles. The first-order valence-electron chi connectivity index (χ1n) is 9.48. The van der Waals surface area contributed by atoms with E-state index in [1.165, 1.54) is 10.7 Å². The first kappa shape index (κ1) is 19.3. The highest BCUT2D eigenvalue weighted by atomic mass is 16.5. The Hall–Kier alpha value is -2.98. The van der Waals surface area contributed by atoms with Crippen LogP contribution in [0.4, 0.5) is 0 Å². The average molecular weight is 399 g/mol. The molecule has 3 aromatic rings. The SMILES string of the molecule is Cc1cc2ncc(C(=O)N3CCO[C@@H](CN(C)C)[C@@H]3c3cnn(C)c3)c(=O)n2[nH]1. The maximum absolute atomic E-state index is 13.5. The molecule has 0 aromatic carbocycles. The number of hydrogen-bond donors (Lipinski definition) is 1. The summed E-state index contributed by atoms with van der Waals surface area (Å²) in [5, 5.41) is 7.19. The first-order chi connectivity index (χ1) is 13.8. The van der Waals surface area contributed by atoms with Gasteiger partial charge in [0.2, 0.25) is 0 Å². The number of H-pyrrole nitrogens is 1. The Morgan fingerprint density at radius 2 is 2.17 bits per heavy atom. The highest BCUT2D eigenvalue weighted by molar-refractivity contribution is 5.94. The van der Waals surface area contributed by atoms with Crippen LogP contribution in [0.3, 0.4) is 0 Å². The Morgan fingerprint density at radius 3 is 2.86 bits per heavy atom. The minimum atomic E-state index is -0.409. The van der Waals surface area contributed by atoms with E-state index in [1.54, 1.807) is 21.8 Å². The van der Waals surface area contributed by atoms with E-state index in [0.29, 0.717) is 25.3 Å². The van der Waals surface area contributed by atoms with Crippen molar-refractivity contribution in [2.24, 2.45) is 7.05 Å². The number of rotatable bonds is 4. The number of morpholine rings is 1. The summed E-state index contributed by atoms with van der Waals surface area (Å²) < 4.78 is 9.01. The van der Waals surface area contributed by atoms with Crippen LogP contribution in [0.2, 0.25) is 0 Å². The molecule has 0 unspecified atom stereocenters. The summed E-state index contributed by atoms with van der Waals surface area (Å²) in [6.07, 6.45) is 4.75. The number of fused-ring (bicyclic) bond motifs is 1. The lowest BCUT2D eigenvalue weighted by Crippen LogP contribution is -2.52. The van der Waals surface area contributed by atoms with Crippen LogP contribution < -0.4 is 5.56 Å². The summed E-state index contributed by atoms with van der Waals surface area (Å²) in [7, 11) is 5.75. The maximum Gasteiger partial charge on any atom is 0.285 e. The third kappa shape index (κ3) is 3.56. The largest absolute Gasteiger partial charge is 0.373 e. The fourth-order valence-electron chi connectivity index (χ4n) is 3.84. The van der Waals surface area contributed by atoms with E-state index < -0.39 is 5.56 Å². The van der Waals surface area contributed by atoms with Gasteiger partial charge in [-0.15, -0.1) is 0 Å². The second-order valence-corrected chi connectivity index (χ2v) is 7.67. The Kier molecular flexibility index (Phi) is 4.97. The van der Waals surface area contributed by atoms with E-state index in [2.05, 4.69) is 15.2 Å². The van der Waals surface area contributed by atoms with Crippen LogP contribution in [0, 0.1) is 6.92 Å². The van der Waals surface area contributed by atoms with E-state index in [4.69, 9.17) is 4.74 Å². The van der Waals surface area contributed by atoms with Crippen LogP contribution >= 0.6 is 0 Å². The van der Waals surface area contributed by atoms with E-state index in [0.717, 1.165) is 11.3 Å². The van der Waals surface area contributed by atoms with Crippen molar-refractivity contribution in [3.05, 3.63) is 51.8 Å². The molecule has 0 radical (unpaired) electrons. The molecule has 0 spiro atoms. The van der Waals surface area contributed by atoms with Gasteiger partial charge in [0.1, 0.15) is 5.56 Å². The zero-order chi connectivity index (χ0) is 20.7. The van der Waals surface area contributed by atoms with Gasteiger partial charge >= 0.3 is 0 Å². The van der Waals surface area contributed by atoms with Crippen LogP contribution in [0.25, 0.3) is 5.65 Å². The minimum Gasteiger partial charge on any atom is -0.373 e. The number of amides is 1. The number of carbonyl (C=O) groups is 1. The van der Waals surface area contributed by atoms with Crippen molar-refractivity contribution in [3.8, 4) is 0 Å². The van der Waals surface area contributed by atoms with Crippen molar-refractivity contribution >= 4 is 11.6 Å². The molecule has 10 nitrogen and oxygen atoms in total. The third-order valence-corrected chi connectivity index (χ3v) is 5.08. The predicted molar refractivity (Wildman–Crippen MR) is 106 cm³/mol. The lowest BCUT2D eigenvalue weighted by molar-refractivity contribution is -0.0685. The molecule has 1 aliphatic rings. The Bertz CT molecular complexity index is 1100. The number of nitrogens with one attached hydrogen (secondary N) is 1. The molecule has 10 heteroatoms. The monoisotopic (exact) mass is 399 g/mol. The van der Waals surface area contributed by atoms with E-state index in [1.807, 2.05) is 39.2 Å². The molecule has 1 amide bonds. The molecule has 4 heterocycles. The summed E-state index contributed by atoms with van der Waals surface area (Å²) in [5.41, 5.74) is 1.78. The summed E-state index contributed by atoms with van der Waals surface area (Å²) in [6.45, 7) is 3.26. The standard InChI is InChI=1S/C19H25N7O3/c1-12-7-16-20-9-14(19(28)26(16)22-12)18(27)25-5-6-29-15(11-23(2)3)17(25)13-8-21-24(4)10-13/h7-10,15,17,22H,5-6,11H2,1-4H3/t15-,17-/m0/s1. The fourth-order valence-corrected chi connectivity index (χ4v) is 3.84. The molecule has 154 valence electrons. The molecule has 0 aliphatic carbocycles. The molecule has 4 rings (SSSR count). The van der Waals surface area contributed by atoms with Gasteiger partial charge in [-0.25, -0.2) is 9.50 Å². The van der Waals surface area contributed by atoms with Gasteiger partial charge in [0, 0.05) is 49.9 Å². The van der Waals surface area contributed by atoms with Crippen molar-refractivity contribution in [3.63, 3.8) is 0 Å². The highest BCUT2D eigenvalue weighted by Gasteiger charge is 2.38. The van der Waals surface area contributed by atoms with Gasteiger partial charge in [0.15, 0.2) is 5.65 Å². The van der Waals surface area contributed by atoms with Crippen molar-refractivity contribution in [1.29, 1.82) is 0 Å². The van der Waals surface area contributed by atoms with E-state index >= 15 is 0 Å². The van der Waals surface area contributed by atoms with Gasteiger partial charge in [-0.05, 0) is 21.0 Å². The lowest BCUT2D eigenvalue weighted by Gasteiger charge is -2.41. The quantitative estimate of drug-likeness (QED) is 0.673. The molecule has 3 aromatic heterocycles. The number of carbonyl (C=O) groups excluding carboxylic acids is 1. The van der Waals surface area contributed by atoms with Gasteiger partial charge in [0.05, 0.1) is 24.9 Å². The predicted octanol–water partition coefficient (Wildman–Crippen LogP) is 0.208. The number of likely N-dealkylation sites (N-methyl/N-ethyl adjacent to an activating group) is 1. The normalized spacial score (nSPS) is 20.0. The van der Waals surface area contributed by atoms with Gasteiger partial charge in [-0.3, -0.25) is 19.4 Å². The van der Waals surface area contributed by atoms with Crippen molar-refractivity contribution in [2.75, 3.05) is 33.8 Å². The molecular weight excluding hydrogens is 374 g/mol. The van der Waals surface area contributed by atoms with Gasteiger partial charge in [-0.2, -0.15) is 5.10 Å². The van der Waals surface area contributed by atoms with Gasteiger partial charge in [0.25, 0.3) is 11.5 Å². The fraction of sp³-hybridized carbons (Fsp3) is 0.474. The van der Waals surface area contributed by atoms with Crippen LogP contribution in [0.15, 0.2) is 29.5 Å². The zero-order valence-corrected chi connectivity index (χ0v) is 17.0. The Morgan fingerprint density at radius 1 is 1.38 bits per heavy atom. The summed E-state index contributed by atoms with van der Waals surface area (Å²) >= 11 is 0. The molecular formula is C19H25N7O3. The van der Waals surface area contributed by atoms with Crippen LogP contribution in [-0.2, 0) is 11.8 Å². The molecule has 29 heavy (non-hydrogen) atoms. The highest BCUT2D eigenvalue weighted by Crippen LogP contribution is 2.30. The summed E-state index contributed by atoms with van der Waals surface area (Å²) in [6, 6.07) is 1.41. The molecule has 1 N–H and O–H groups in total. The molecule has 2 atom stereocenters. The van der Waals surface area contributed by atoms with Crippen molar-refractivity contribution in [1.82, 2.24) is 34.2 Å². The number of aryl methyl sites for hydroxylation is 2. The lowest BCUT2D eigenvalue weighted by atomic mass is 9.99. The third-order valence-electron chi connectivity index (χ3n) is 5.08. The Labute approximate surface area is 167 Å². The smallest absolute Gasteiger partial charge is 0.285 e. The van der Waals surface area contributed by atoms with Gasteiger partial charge in [-0.1, -0.05) is 0 Å². The second-order valence-electron chi connectivity index (χ2n) is 7.67. The van der Waals surface area contributed by atoms with Crippen LogP contribution in [0.5, 0.6) is 0 Å². The zero-order valence-electron chi connectivity index (χ0n) is 17.0.